The van der Waals surface area contributed by atoms with Crippen LogP contribution in [-0.2, 0) is 11.4 Å². The molecule has 0 spiro atoms. The smallest absolute Gasteiger partial charge is 0.272 e. The van der Waals surface area contributed by atoms with E-state index in [-0.39, 0.29) is 42.0 Å². The molecule has 2 amide bonds. The average Bonchev–Trinajstić information content (AvgIpc) is 3.20. The van der Waals surface area contributed by atoms with Crippen LogP contribution in [0.1, 0.15) is 36.5 Å². The van der Waals surface area contributed by atoms with Crippen LogP contribution in [0.25, 0.3) is 0 Å². The molecular formula is C18H21FN4O3. The molecule has 8 heteroatoms. The van der Waals surface area contributed by atoms with Crippen LogP contribution in [0, 0.1) is 5.82 Å². The second kappa shape index (κ2) is 7.55. The highest BCUT2D eigenvalue weighted by atomic mass is 19.1. The van der Waals surface area contributed by atoms with Crippen molar-refractivity contribution >= 4 is 11.8 Å². The molecule has 1 atom stereocenters. The SMILES string of the molecule is CC(C)N1C[C@H](NC(=O)c2cc(COc3cccc(F)c3)[nH]n2)CC1=O. The zero-order chi connectivity index (χ0) is 18.7. The van der Waals surface area contributed by atoms with E-state index >= 15 is 0 Å². The molecule has 0 aliphatic carbocycles. The largest absolute Gasteiger partial charge is 0.487 e. The van der Waals surface area contributed by atoms with E-state index < -0.39 is 0 Å². The summed E-state index contributed by atoms with van der Waals surface area (Å²) in [6.07, 6.45) is 0.296. The first-order valence-electron chi connectivity index (χ1n) is 8.45. The van der Waals surface area contributed by atoms with Gasteiger partial charge in [0, 0.05) is 25.1 Å². The zero-order valence-corrected chi connectivity index (χ0v) is 14.7. The van der Waals surface area contributed by atoms with Crippen LogP contribution in [0.3, 0.4) is 0 Å². The number of nitrogens with one attached hydrogen (secondary N) is 2. The highest BCUT2D eigenvalue weighted by Gasteiger charge is 2.32. The second-order valence-corrected chi connectivity index (χ2v) is 6.54. The molecule has 1 aromatic carbocycles. The maximum absolute atomic E-state index is 13.1. The van der Waals surface area contributed by atoms with E-state index in [1.54, 1.807) is 23.1 Å². The summed E-state index contributed by atoms with van der Waals surface area (Å²) >= 11 is 0. The number of rotatable bonds is 6. The minimum Gasteiger partial charge on any atom is -0.487 e. The van der Waals surface area contributed by atoms with E-state index in [2.05, 4.69) is 15.5 Å². The van der Waals surface area contributed by atoms with Gasteiger partial charge in [0.1, 0.15) is 23.9 Å². The second-order valence-electron chi connectivity index (χ2n) is 6.54. The third-order valence-electron chi connectivity index (χ3n) is 4.17. The summed E-state index contributed by atoms with van der Waals surface area (Å²) in [6.45, 7) is 4.52. The lowest BCUT2D eigenvalue weighted by Gasteiger charge is -2.20. The number of hydrogen-bond acceptors (Lipinski definition) is 4. The summed E-state index contributed by atoms with van der Waals surface area (Å²) in [5.74, 6) is -0.296. The molecule has 138 valence electrons. The van der Waals surface area contributed by atoms with E-state index in [9.17, 15) is 14.0 Å². The van der Waals surface area contributed by atoms with E-state index in [0.717, 1.165) is 0 Å². The highest BCUT2D eigenvalue weighted by molar-refractivity contribution is 5.93. The number of benzene rings is 1. The predicted molar refractivity (Wildman–Crippen MR) is 92.0 cm³/mol. The lowest BCUT2D eigenvalue weighted by Crippen LogP contribution is -2.39. The molecule has 2 N–H and O–H groups in total. The van der Waals surface area contributed by atoms with Crippen molar-refractivity contribution in [3.05, 3.63) is 47.5 Å². The van der Waals surface area contributed by atoms with Crippen LogP contribution < -0.4 is 10.1 Å². The van der Waals surface area contributed by atoms with Gasteiger partial charge in [-0.3, -0.25) is 14.7 Å². The van der Waals surface area contributed by atoms with Crippen LogP contribution in [0.15, 0.2) is 30.3 Å². The molecule has 0 radical (unpaired) electrons. The fourth-order valence-corrected chi connectivity index (χ4v) is 2.86. The standard InChI is InChI=1S/C18H21FN4O3/c1-11(2)23-9-13(8-17(23)24)20-18(25)16-7-14(21-22-16)10-26-15-5-3-4-12(19)6-15/h3-7,11,13H,8-10H2,1-2H3,(H,20,25)(H,21,22)/t13-/m1/s1. The molecular weight excluding hydrogens is 339 g/mol. The molecule has 1 aromatic heterocycles. The van der Waals surface area contributed by atoms with Crippen molar-refractivity contribution in [2.75, 3.05) is 6.54 Å². The predicted octanol–water partition coefficient (Wildman–Crippen LogP) is 1.87. The molecule has 0 saturated carbocycles. The van der Waals surface area contributed by atoms with E-state index in [0.29, 0.717) is 24.4 Å². The fraction of sp³-hybridized carbons (Fsp3) is 0.389. The van der Waals surface area contributed by atoms with Gasteiger partial charge in [-0.25, -0.2) is 4.39 Å². The van der Waals surface area contributed by atoms with Crippen molar-refractivity contribution in [1.29, 1.82) is 0 Å². The topological polar surface area (TPSA) is 87.3 Å². The molecule has 0 bridgehead atoms. The molecule has 2 heterocycles. The number of halogens is 1. The van der Waals surface area contributed by atoms with Crippen molar-refractivity contribution < 1.29 is 18.7 Å². The maximum atomic E-state index is 13.1. The van der Waals surface area contributed by atoms with Gasteiger partial charge in [0.15, 0.2) is 0 Å². The van der Waals surface area contributed by atoms with Crippen molar-refractivity contribution in [2.24, 2.45) is 0 Å². The Labute approximate surface area is 150 Å². The first-order chi connectivity index (χ1) is 12.4. The lowest BCUT2D eigenvalue weighted by molar-refractivity contribution is -0.129. The Hall–Kier alpha value is -2.90. The third kappa shape index (κ3) is 4.19. The van der Waals surface area contributed by atoms with Crippen LogP contribution in [0.4, 0.5) is 4.39 Å². The molecule has 0 unspecified atom stereocenters. The molecule has 7 nitrogen and oxygen atoms in total. The Balaban J connectivity index is 1.54. The summed E-state index contributed by atoms with van der Waals surface area (Å²) in [6, 6.07) is 7.28. The fourth-order valence-electron chi connectivity index (χ4n) is 2.86. The number of H-pyrrole nitrogens is 1. The summed E-state index contributed by atoms with van der Waals surface area (Å²) in [5.41, 5.74) is 0.809. The van der Waals surface area contributed by atoms with Crippen molar-refractivity contribution in [1.82, 2.24) is 20.4 Å². The van der Waals surface area contributed by atoms with Gasteiger partial charge in [0.05, 0.1) is 11.7 Å². The first kappa shape index (κ1) is 17.9. The molecule has 3 rings (SSSR count). The Kier molecular flexibility index (Phi) is 5.20. The van der Waals surface area contributed by atoms with Gasteiger partial charge in [-0.05, 0) is 32.0 Å². The monoisotopic (exact) mass is 360 g/mol. The molecule has 26 heavy (non-hydrogen) atoms. The number of likely N-dealkylation sites (tertiary alicyclic amines) is 1. The quantitative estimate of drug-likeness (QED) is 0.823. The summed E-state index contributed by atoms with van der Waals surface area (Å²) in [5, 5.41) is 9.53. The lowest BCUT2D eigenvalue weighted by atomic mass is 10.2. The van der Waals surface area contributed by atoms with E-state index in [4.69, 9.17) is 4.74 Å². The summed E-state index contributed by atoms with van der Waals surface area (Å²) < 4.78 is 18.6. The molecule has 1 aliphatic heterocycles. The minimum absolute atomic E-state index is 0.0384. The van der Waals surface area contributed by atoms with Crippen LogP contribution in [-0.4, -0.2) is 45.5 Å². The Morgan fingerprint density at radius 1 is 1.46 bits per heavy atom. The normalized spacial score (nSPS) is 17.0. The number of ether oxygens (including phenoxy) is 1. The maximum Gasteiger partial charge on any atom is 0.272 e. The number of aromatic nitrogens is 2. The summed E-state index contributed by atoms with van der Waals surface area (Å²) in [4.78, 5) is 25.9. The van der Waals surface area contributed by atoms with Gasteiger partial charge >= 0.3 is 0 Å². The van der Waals surface area contributed by atoms with Crippen LogP contribution in [0.5, 0.6) is 5.75 Å². The summed E-state index contributed by atoms with van der Waals surface area (Å²) in [7, 11) is 0. The van der Waals surface area contributed by atoms with Gasteiger partial charge < -0.3 is 15.0 Å². The van der Waals surface area contributed by atoms with Crippen LogP contribution >= 0.6 is 0 Å². The highest BCUT2D eigenvalue weighted by Crippen LogP contribution is 2.16. The molecule has 1 aliphatic rings. The van der Waals surface area contributed by atoms with E-state index in [1.165, 1.54) is 12.1 Å². The zero-order valence-electron chi connectivity index (χ0n) is 14.7. The first-order valence-corrected chi connectivity index (χ1v) is 8.45. The van der Waals surface area contributed by atoms with Gasteiger partial charge in [0.25, 0.3) is 5.91 Å². The third-order valence-corrected chi connectivity index (χ3v) is 4.17. The average molecular weight is 360 g/mol. The minimum atomic E-state index is -0.381. The van der Waals surface area contributed by atoms with E-state index in [1.807, 2.05) is 13.8 Å². The Morgan fingerprint density at radius 2 is 2.27 bits per heavy atom. The van der Waals surface area contributed by atoms with Crippen molar-refractivity contribution in [2.45, 2.75) is 39.0 Å². The van der Waals surface area contributed by atoms with Gasteiger partial charge in [-0.15, -0.1) is 0 Å². The molecule has 2 aromatic rings. The number of carbonyl (C=O) groups is 2. The number of hydrogen-bond donors (Lipinski definition) is 2. The Morgan fingerprint density at radius 3 is 2.96 bits per heavy atom. The number of carbonyl (C=O) groups excluding carboxylic acids is 2. The molecule has 1 saturated heterocycles. The van der Waals surface area contributed by atoms with Crippen LogP contribution in [0.2, 0.25) is 0 Å². The number of nitrogens with zero attached hydrogens (tertiary/aromatic N) is 2. The van der Waals surface area contributed by atoms with Gasteiger partial charge in [0.2, 0.25) is 5.91 Å². The Bertz CT molecular complexity index is 805. The van der Waals surface area contributed by atoms with Gasteiger partial charge in [-0.1, -0.05) is 6.07 Å². The van der Waals surface area contributed by atoms with Gasteiger partial charge in [-0.2, -0.15) is 5.10 Å². The number of aromatic amines is 1. The van der Waals surface area contributed by atoms with Crippen molar-refractivity contribution in [3.8, 4) is 5.75 Å². The van der Waals surface area contributed by atoms with Crippen molar-refractivity contribution in [3.63, 3.8) is 0 Å². The molecule has 1 fully saturated rings. The number of amides is 2.